The third-order valence-corrected chi connectivity index (χ3v) is 4.15. The van der Waals surface area contributed by atoms with Crippen molar-refractivity contribution < 1.29 is 14.6 Å². The van der Waals surface area contributed by atoms with E-state index < -0.39 is 0 Å². The van der Waals surface area contributed by atoms with Gasteiger partial charge in [0, 0.05) is 36.1 Å². The number of phenols is 1. The molecule has 0 aliphatic carbocycles. The summed E-state index contributed by atoms with van der Waals surface area (Å²) in [5.41, 5.74) is 4.74. The lowest BCUT2D eigenvalue weighted by Crippen LogP contribution is -2.25. The van der Waals surface area contributed by atoms with Crippen molar-refractivity contribution in [1.82, 2.24) is 5.43 Å². The summed E-state index contributed by atoms with van der Waals surface area (Å²) < 4.78 is 5.38. The van der Waals surface area contributed by atoms with Crippen molar-refractivity contribution in [3.8, 4) is 11.5 Å². The first kappa shape index (κ1) is 21.1. The summed E-state index contributed by atoms with van der Waals surface area (Å²) in [6.45, 7) is 8.47. The van der Waals surface area contributed by atoms with Crippen LogP contribution in [0.15, 0.2) is 47.6 Å². The van der Waals surface area contributed by atoms with Crippen LogP contribution >= 0.6 is 0 Å². The van der Waals surface area contributed by atoms with Gasteiger partial charge in [-0.3, -0.25) is 4.79 Å². The first-order valence-corrected chi connectivity index (χ1v) is 9.43. The Balaban J connectivity index is 1.84. The molecule has 0 bridgehead atoms. The van der Waals surface area contributed by atoms with E-state index in [-0.39, 0.29) is 18.2 Å². The zero-order chi connectivity index (χ0) is 20.4. The summed E-state index contributed by atoms with van der Waals surface area (Å²) in [6.07, 6.45) is 1.43. The van der Waals surface area contributed by atoms with Crippen molar-refractivity contribution in [3.05, 3.63) is 48.0 Å². The van der Waals surface area contributed by atoms with Gasteiger partial charge in [-0.2, -0.15) is 5.10 Å². The number of hydrazone groups is 1. The molecule has 0 saturated carbocycles. The van der Waals surface area contributed by atoms with Gasteiger partial charge < -0.3 is 20.1 Å². The van der Waals surface area contributed by atoms with Crippen LogP contribution in [-0.4, -0.2) is 43.5 Å². The first-order chi connectivity index (χ1) is 13.6. The lowest BCUT2D eigenvalue weighted by molar-refractivity contribution is -0.119. The average Bonchev–Trinajstić information content (AvgIpc) is 2.70. The number of aromatic hydroxyl groups is 1. The molecule has 0 fully saturated rings. The highest BCUT2D eigenvalue weighted by atomic mass is 16.5. The molecule has 28 heavy (non-hydrogen) atoms. The van der Waals surface area contributed by atoms with Crippen molar-refractivity contribution in [3.63, 3.8) is 0 Å². The van der Waals surface area contributed by atoms with E-state index in [1.807, 2.05) is 37.3 Å². The first-order valence-electron chi connectivity index (χ1n) is 9.43. The Morgan fingerprint density at radius 1 is 1.14 bits per heavy atom. The van der Waals surface area contributed by atoms with Crippen LogP contribution in [-0.2, 0) is 4.79 Å². The van der Waals surface area contributed by atoms with E-state index in [1.165, 1.54) is 6.21 Å². The van der Waals surface area contributed by atoms with Crippen LogP contribution in [0, 0.1) is 0 Å². The van der Waals surface area contributed by atoms with Gasteiger partial charge in [0.15, 0.2) is 0 Å². The van der Waals surface area contributed by atoms with Crippen LogP contribution in [0.3, 0.4) is 0 Å². The fraction of sp³-hybridized carbons (Fsp3) is 0.333. The third kappa shape index (κ3) is 6.19. The predicted octanol–water partition coefficient (Wildman–Crippen LogP) is 3.20. The lowest BCUT2D eigenvalue weighted by Gasteiger charge is -2.21. The Morgan fingerprint density at radius 3 is 2.46 bits per heavy atom. The molecule has 0 atom stereocenters. The third-order valence-electron chi connectivity index (χ3n) is 4.15. The van der Waals surface area contributed by atoms with Crippen molar-refractivity contribution in [2.24, 2.45) is 5.10 Å². The second-order valence-electron chi connectivity index (χ2n) is 6.02. The summed E-state index contributed by atoms with van der Waals surface area (Å²) in [5, 5.41) is 17.1. The van der Waals surface area contributed by atoms with E-state index in [2.05, 4.69) is 34.6 Å². The molecule has 0 aliphatic heterocycles. The molecule has 3 N–H and O–H groups in total. The summed E-state index contributed by atoms with van der Waals surface area (Å²) in [6, 6.07) is 12.8. The van der Waals surface area contributed by atoms with Crippen molar-refractivity contribution in [1.29, 1.82) is 0 Å². The molecule has 7 nitrogen and oxygen atoms in total. The van der Waals surface area contributed by atoms with E-state index in [4.69, 9.17) is 4.74 Å². The number of nitrogens with zero attached hydrogens (tertiary/aromatic N) is 2. The molecule has 0 heterocycles. The minimum atomic E-state index is -0.288. The van der Waals surface area contributed by atoms with Gasteiger partial charge in [-0.25, -0.2) is 5.43 Å². The summed E-state index contributed by atoms with van der Waals surface area (Å²) >= 11 is 0. The Bertz CT molecular complexity index is 787. The van der Waals surface area contributed by atoms with Gasteiger partial charge in [-0.1, -0.05) is 0 Å². The van der Waals surface area contributed by atoms with Gasteiger partial charge in [-0.15, -0.1) is 0 Å². The van der Waals surface area contributed by atoms with Gasteiger partial charge in [0.25, 0.3) is 5.91 Å². The summed E-state index contributed by atoms with van der Waals surface area (Å²) in [5.74, 6) is 0.619. The van der Waals surface area contributed by atoms with E-state index in [0.29, 0.717) is 12.2 Å². The van der Waals surface area contributed by atoms with Crippen LogP contribution in [0.1, 0.15) is 26.3 Å². The number of carbonyl (C=O) groups is 1. The van der Waals surface area contributed by atoms with E-state index in [0.717, 1.165) is 30.2 Å². The molecule has 7 heteroatoms. The molecule has 2 aromatic carbocycles. The summed E-state index contributed by atoms with van der Waals surface area (Å²) in [7, 11) is 0. The Morgan fingerprint density at radius 2 is 1.86 bits per heavy atom. The zero-order valence-corrected chi connectivity index (χ0v) is 16.6. The number of benzene rings is 2. The van der Waals surface area contributed by atoms with Crippen LogP contribution < -0.4 is 20.4 Å². The molecule has 0 aliphatic rings. The normalized spacial score (nSPS) is 10.7. The van der Waals surface area contributed by atoms with Crippen LogP contribution in [0.4, 0.5) is 11.4 Å². The minimum Gasteiger partial charge on any atom is -0.507 e. The molecule has 0 radical (unpaired) electrons. The molecule has 2 aromatic rings. The number of ether oxygens (including phenoxy) is 1. The van der Waals surface area contributed by atoms with E-state index in [1.54, 1.807) is 12.1 Å². The SMILES string of the molecule is CCOc1ccc(NCC(=O)NN=Cc2ccc(N(CC)CC)cc2O)cc1. The number of amides is 1. The van der Waals surface area contributed by atoms with Gasteiger partial charge in [0.1, 0.15) is 11.5 Å². The quantitative estimate of drug-likeness (QED) is 0.433. The van der Waals surface area contributed by atoms with E-state index >= 15 is 0 Å². The minimum absolute atomic E-state index is 0.0815. The molecule has 0 spiro atoms. The highest BCUT2D eigenvalue weighted by molar-refractivity contribution is 5.86. The smallest absolute Gasteiger partial charge is 0.259 e. The topological polar surface area (TPSA) is 86.2 Å². The van der Waals surface area contributed by atoms with Crippen LogP contribution in [0.2, 0.25) is 0 Å². The summed E-state index contributed by atoms with van der Waals surface area (Å²) in [4.78, 5) is 14.0. The molecule has 150 valence electrons. The van der Waals surface area contributed by atoms with Gasteiger partial charge in [-0.05, 0) is 57.2 Å². The highest BCUT2D eigenvalue weighted by Crippen LogP contribution is 2.23. The monoisotopic (exact) mass is 384 g/mol. The molecule has 1 amide bonds. The second kappa shape index (κ2) is 10.8. The van der Waals surface area contributed by atoms with Gasteiger partial charge >= 0.3 is 0 Å². The number of phenolic OH excluding ortho intramolecular Hbond substituents is 1. The molecule has 0 aromatic heterocycles. The van der Waals surface area contributed by atoms with Gasteiger partial charge in [0.2, 0.25) is 0 Å². The zero-order valence-electron chi connectivity index (χ0n) is 16.6. The Labute approximate surface area is 166 Å². The molecular formula is C21H28N4O3. The fourth-order valence-electron chi connectivity index (χ4n) is 2.66. The standard InChI is InChI=1S/C21H28N4O3/c1-4-25(5-2)18-10-7-16(20(26)13-18)14-23-24-21(27)15-22-17-8-11-19(12-9-17)28-6-3/h7-14,22,26H,4-6,15H2,1-3H3,(H,24,27). The molecular weight excluding hydrogens is 356 g/mol. The highest BCUT2D eigenvalue weighted by Gasteiger charge is 2.06. The Hall–Kier alpha value is -3.22. The molecule has 2 rings (SSSR count). The fourth-order valence-corrected chi connectivity index (χ4v) is 2.66. The number of carbonyl (C=O) groups excluding carboxylic acids is 1. The maximum atomic E-state index is 11.9. The van der Waals surface area contributed by atoms with Gasteiger partial charge in [0.05, 0.1) is 19.4 Å². The largest absolute Gasteiger partial charge is 0.507 e. The van der Waals surface area contributed by atoms with Crippen LogP contribution in [0.25, 0.3) is 0 Å². The van der Waals surface area contributed by atoms with Crippen molar-refractivity contribution in [2.45, 2.75) is 20.8 Å². The maximum Gasteiger partial charge on any atom is 0.259 e. The Kier molecular flexibility index (Phi) is 8.14. The molecule has 0 unspecified atom stereocenters. The lowest BCUT2D eigenvalue weighted by atomic mass is 10.2. The number of hydrogen-bond acceptors (Lipinski definition) is 6. The maximum absolute atomic E-state index is 11.9. The number of anilines is 2. The number of rotatable bonds is 10. The number of hydrogen-bond donors (Lipinski definition) is 3. The number of nitrogens with one attached hydrogen (secondary N) is 2. The van der Waals surface area contributed by atoms with E-state index in [9.17, 15) is 9.90 Å². The van der Waals surface area contributed by atoms with Crippen molar-refractivity contribution >= 4 is 23.5 Å². The van der Waals surface area contributed by atoms with Crippen LogP contribution in [0.5, 0.6) is 11.5 Å². The van der Waals surface area contributed by atoms with Crippen molar-refractivity contribution in [2.75, 3.05) is 36.5 Å². The average molecular weight is 384 g/mol. The molecule has 0 saturated heterocycles. The predicted molar refractivity (Wildman–Crippen MR) is 114 cm³/mol. The second-order valence-corrected chi connectivity index (χ2v) is 6.02.